The SMILES string of the molecule is CC(C)NC(=O)[C@@H](C)N(Cc1ccccc1Cl)C(=O)CN(c1ccc(Cl)c(C(F)(F)F)c1)S(C)(=O)=O. The first-order valence-electron chi connectivity index (χ1n) is 10.7. The molecule has 198 valence electrons. The molecule has 2 amide bonds. The fourth-order valence-electron chi connectivity index (χ4n) is 3.30. The van der Waals surface area contributed by atoms with Gasteiger partial charge in [-0.25, -0.2) is 8.42 Å². The van der Waals surface area contributed by atoms with Gasteiger partial charge in [-0.15, -0.1) is 0 Å². The van der Waals surface area contributed by atoms with E-state index in [0.29, 0.717) is 21.0 Å². The van der Waals surface area contributed by atoms with E-state index in [-0.39, 0.29) is 12.6 Å². The summed E-state index contributed by atoms with van der Waals surface area (Å²) in [6, 6.07) is 7.83. The molecule has 0 aliphatic carbocycles. The number of benzene rings is 2. The first kappa shape index (κ1) is 29.7. The van der Waals surface area contributed by atoms with Gasteiger partial charge in [0.2, 0.25) is 21.8 Å². The van der Waals surface area contributed by atoms with Crippen LogP contribution in [-0.2, 0) is 32.3 Å². The molecule has 0 fully saturated rings. The molecule has 0 spiro atoms. The number of carbonyl (C=O) groups is 2. The molecule has 0 heterocycles. The predicted octanol–water partition coefficient (Wildman–Crippen LogP) is 4.72. The summed E-state index contributed by atoms with van der Waals surface area (Å²) in [6.07, 6.45) is -4.09. The molecule has 7 nitrogen and oxygen atoms in total. The first-order valence-corrected chi connectivity index (χ1v) is 13.3. The average Bonchev–Trinajstić information content (AvgIpc) is 2.74. The van der Waals surface area contributed by atoms with Crippen molar-refractivity contribution in [3.63, 3.8) is 0 Å². The van der Waals surface area contributed by atoms with E-state index in [4.69, 9.17) is 23.2 Å². The van der Waals surface area contributed by atoms with Crippen LogP contribution in [0.5, 0.6) is 0 Å². The number of amides is 2. The lowest BCUT2D eigenvalue weighted by atomic mass is 10.1. The molecule has 0 saturated carbocycles. The fraction of sp³-hybridized carbons (Fsp3) is 0.391. The molecule has 2 aromatic rings. The molecule has 1 atom stereocenters. The van der Waals surface area contributed by atoms with Crippen molar-refractivity contribution in [2.45, 2.75) is 45.6 Å². The highest BCUT2D eigenvalue weighted by atomic mass is 35.5. The number of anilines is 1. The number of hydrogen-bond donors (Lipinski definition) is 1. The second kappa shape index (κ2) is 11.7. The third-order valence-corrected chi connectivity index (χ3v) is 6.96. The van der Waals surface area contributed by atoms with Crippen molar-refractivity contribution in [2.24, 2.45) is 0 Å². The van der Waals surface area contributed by atoms with Crippen LogP contribution in [0.15, 0.2) is 42.5 Å². The molecular formula is C23H26Cl2F3N3O4S. The Morgan fingerprint density at radius 2 is 1.64 bits per heavy atom. The van der Waals surface area contributed by atoms with Crippen LogP contribution in [0, 0.1) is 0 Å². The lowest BCUT2D eigenvalue weighted by molar-refractivity contribution is -0.139. The molecule has 0 unspecified atom stereocenters. The van der Waals surface area contributed by atoms with Gasteiger partial charge in [0.05, 0.1) is 22.5 Å². The molecule has 1 N–H and O–H groups in total. The summed E-state index contributed by atoms with van der Waals surface area (Å²) in [5, 5.41) is 2.39. The van der Waals surface area contributed by atoms with Crippen LogP contribution in [0.2, 0.25) is 10.0 Å². The molecule has 13 heteroatoms. The first-order chi connectivity index (χ1) is 16.5. The minimum Gasteiger partial charge on any atom is -0.352 e. The highest BCUT2D eigenvalue weighted by molar-refractivity contribution is 7.92. The number of halogens is 5. The van der Waals surface area contributed by atoms with Gasteiger partial charge in [-0.3, -0.25) is 13.9 Å². The van der Waals surface area contributed by atoms with Crippen molar-refractivity contribution in [3.8, 4) is 0 Å². The number of nitrogens with one attached hydrogen (secondary N) is 1. The maximum atomic E-state index is 13.4. The number of carbonyl (C=O) groups excluding carboxylic acids is 2. The van der Waals surface area contributed by atoms with Crippen molar-refractivity contribution in [3.05, 3.63) is 63.6 Å². The van der Waals surface area contributed by atoms with Gasteiger partial charge in [-0.2, -0.15) is 13.2 Å². The second-order valence-electron chi connectivity index (χ2n) is 8.38. The highest BCUT2D eigenvalue weighted by Crippen LogP contribution is 2.37. The number of rotatable bonds is 9. The Balaban J connectivity index is 2.50. The van der Waals surface area contributed by atoms with E-state index in [9.17, 15) is 31.2 Å². The molecule has 0 bridgehead atoms. The lowest BCUT2D eigenvalue weighted by Gasteiger charge is -2.32. The van der Waals surface area contributed by atoms with Gasteiger partial charge in [-0.1, -0.05) is 41.4 Å². The number of alkyl halides is 3. The van der Waals surface area contributed by atoms with E-state index >= 15 is 0 Å². The number of nitrogens with zero attached hydrogens (tertiary/aromatic N) is 2. The number of hydrogen-bond acceptors (Lipinski definition) is 4. The molecule has 0 aromatic heterocycles. The minimum atomic E-state index is -4.85. The van der Waals surface area contributed by atoms with E-state index in [0.717, 1.165) is 23.3 Å². The summed E-state index contributed by atoms with van der Waals surface area (Å²) in [4.78, 5) is 27.3. The third kappa shape index (κ3) is 7.75. The smallest absolute Gasteiger partial charge is 0.352 e. The predicted molar refractivity (Wildman–Crippen MR) is 133 cm³/mol. The van der Waals surface area contributed by atoms with Crippen LogP contribution in [0.25, 0.3) is 0 Å². The van der Waals surface area contributed by atoms with Crippen LogP contribution in [0.4, 0.5) is 18.9 Å². The standard InChI is InChI=1S/C23H26Cl2F3N3O4S/c1-14(2)29-22(33)15(3)30(12-16-7-5-6-8-19(16)24)21(32)13-31(36(4,34)35)17-9-10-20(25)18(11-17)23(26,27)28/h5-11,14-15H,12-13H2,1-4H3,(H,29,33)/t15-/m1/s1. The Labute approximate surface area is 218 Å². The van der Waals surface area contributed by atoms with Gasteiger partial charge in [0.15, 0.2) is 0 Å². The maximum Gasteiger partial charge on any atom is 0.417 e. The quantitative estimate of drug-likeness (QED) is 0.475. The normalized spacial score (nSPS) is 12.8. The molecular weight excluding hydrogens is 542 g/mol. The van der Waals surface area contributed by atoms with Gasteiger partial charge < -0.3 is 10.2 Å². The van der Waals surface area contributed by atoms with Crippen molar-refractivity contribution < 1.29 is 31.2 Å². The van der Waals surface area contributed by atoms with E-state index < -0.39 is 56.9 Å². The summed E-state index contributed by atoms with van der Waals surface area (Å²) < 4.78 is 65.7. The van der Waals surface area contributed by atoms with E-state index in [1.54, 1.807) is 38.1 Å². The molecule has 2 rings (SSSR count). The van der Waals surface area contributed by atoms with Gasteiger partial charge >= 0.3 is 6.18 Å². The van der Waals surface area contributed by atoms with Crippen LogP contribution < -0.4 is 9.62 Å². The summed E-state index contributed by atoms with van der Waals surface area (Å²) in [5.74, 6) is -1.32. The van der Waals surface area contributed by atoms with Crippen molar-refractivity contribution in [2.75, 3.05) is 17.1 Å². The van der Waals surface area contributed by atoms with Gasteiger partial charge in [-0.05, 0) is 50.6 Å². The third-order valence-electron chi connectivity index (χ3n) is 5.12. The molecule has 0 saturated heterocycles. The average molecular weight is 568 g/mol. The summed E-state index contributed by atoms with van der Waals surface area (Å²) in [7, 11) is -4.22. The van der Waals surface area contributed by atoms with Crippen molar-refractivity contribution in [1.82, 2.24) is 10.2 Å². The van der Waals surface area contributed by atoms with Crippen LogP contribution in [-0.4, -0.2) is 50.0 Å². The van der Waals surface area contributed by atoms with Crippen LogP contribution in [0.1, 0.15) is 31.9 Å². The van der Waals surface area contributed by atoms with Gasteiger partial charge in [0, 0.05) is 17.6 Å². The minimum absolute atomic E-state index is 0.142. The van der Waals surface area contributed by atoms with E-state index in [1.165, 1.54) is 6.92 Å². The van der Waals surface area contributed by atoms with Crippen molar-refractivity contribution >= 4 is 50.7 Å². The Bertz CT molecular complexity index is 1220. The zero-order valence-electron chi connectivity index (χ0n) is 19.9. The zero-order chi connectivity index (χ0) is 27.4. The van der Waals surface area contributed by atoms with Gasteiger partial charge in [0.25, 0.3) is 0 Å². The van der Waals surface area contributed by atoms with Crippen LogP contribution >= 0.6 is 23.2 Å². The van der Waals surface area contributed by atoms with Gasteiger partial charge in [0.1, 0.15) is 12.6 Å². The Morgan fingerprint density at radius 1 is 1.03 bits per heavy atom. The molecule has 0 radical (unpaired) electrons. The molecule has 36 heavy (non-hydrogen) atoms. The highest BCUT2D eigenvalue weighted by Gasteiger charge is 2.35. The zero-order valence-corrected chi connectivity index (χ0v) is 22.3. The Kier molecular flexibility index (Phi) is 9.66. The summed E-state index contributed by atoms with van der Waals surface area (Å²) >= 11 is 11.9. The maximum absolute atomic E-state index is 13.4. The van der Waals surface area contributed by atoms with Crippen LogP contribution in [0.3, 0.4) is 0 Å². The number of sulfonamides is 1. The fourth-order valence-corrected chi connectivity index (χ4v) is 4.56. The Morgan fingerprint density at radius 3 is 2.17 bits per heavy atom. The van der Waals surface area contributed by atoms with E-state index in [1.807, 2.05) is 0 Å². The second-order valence-corrected chi connectivity index (χ2v) is 11.1. The van der Waals surface area contributed by atoms with Crippen molar-refractivity contribution in [1.29, 1.82) is 0 Å². The molecule has 0 aliphatic rings. The monoisotopic (exact) mass is 567 g/mol. The molecule has 2 aromatic carbocycles. The summed E-state index contributed by atoms with van der Waals surface area (Å²) in [5.41, 5.74) is -1.16. The largest absolute Gasteiger partial charge is 0.417 e. The lowest BCUT2D eigenvalue weighted by Crippen LogP contribution is -2.52. The topological polar surface area (TPSA) is 86.8 Å². The van der Waals surface area contributed by atoms with E-state index in [2.05, 4.69) is 5.32 Å². The molecule has 0 aliphatic heterocycles. The Hall–Kier alpha value is -2.50. The summed E-state index contributed by atoms with van der Waals surface area (Å²) in [6.45, 7) is 3.92.